The molecule has 5 aromatic carbocycles. The second kappa shape index (κ2) is 7.55. The van der Waals surface area contributed by atoms with Crippen molar-refractivity contribution in [2.24, 2.45) is 0 Å². The molecule has 1 aromatic heterocycles. The Balaban J connectivity index is 1.69. The Kier molecular flexibility index (Phi) is 4.40. The van der Waals surface area contributed by atoms with Crippen LogP contribution in [0.4, 0.5) is 0 Å². The van der Waals surface area contributed by atoms with Crippen LogP contribution < -0.4 is 0 Å². The molecule has 6 rings (SSSR count). The minimum absolute atomic E-state index is 1.23. The van der Waals surface area contributed by atoms with Gasteiger partial charge in [0.2, 0.25) is 0 Å². The Labute approximate surface area is 188 Å². The zero-order chi connectivity index (χ0) is 21.5. The molecule has 0 aliphatic heterocycles. The van der Waals surface area contributed by atoms with Crippen LogP contribution in [0.1, 0.15) is 5.56 Å². The molecule has 1 nitrogen and oxygen atoms in total. The van der Waals surface area contributed by atoms with Gasteiger partial charge in [-0.25, -0.2) is 0 Å². The lowest BCUT2D eigenvalue weighted by Gasteiger charge is -2.12. The number of rotatable bonds is 3. The van der Waals surface area contributed by atoms with Gasteiger partial charge >= 0.3 is 0 Å². The van der Waals surface area contributed by atoms with E-state index < -0.39 is 0 Å². The van der Waals surface area contributed by atoms with Gasteiger partial charge in [-0.3, -0.25) is 0 Å². The number of aromatic nitrogens is 1. The second-order valence-electron chi connectivity index (χ2n) is 8.32. The molecule has 0 fully saturated rings. The summed E-state index contributed by atoms with van der Waals surface area (Å²) in [5, 5.41) is 2.56. The molecule has 0 aliphatic carbocycles. The van der Waals surface area contributed by atoms with Crippen molar-refractivity contribution in [3.8, 4) is 27.9 Å². The quantitative estimate of drug-likeness (QED) is 0.276. The third-order valence-electron chi connectivity index (χ3n) is 6.34. The van der Waals surface area contributed by atoms with Crippen LogP contribution in [-0.4, -0.2) is 4.57 Å². The van der Waals surface area contributed by atoms with Crippen molar-refractivity contribution in [3.05, 3.63) is 127 Å². The Hall–Kier alpha value is -4.10. The lowest BCUT2D eigenvalue weighted by atomic mass is 10.0. The van der Waals surface area contributed by atoms with E-state index in [-0.39, 0.29) is 0 Å². The number of para-hydroxylation sites is 1. The van der Waals surface area contributed by atoms with Crippen molar-refractivity contribution in [1.29, 1.82) is 0 Å². The highest BCUT2D eigenvalue weighted by molar-refractivity contribution is 6.11. The van der Waals surface area contributed by atoms with E-state index in [0.717, 1.165) is 0 Å². The number of fused-ring (bicyclic) bond motifs is 3. The molecule has 1 heteroatoms. The summed E-state index contributed by atoms with van der Waals surface area (Å²) in [6.45, 7) is 2.19. The number of benzene rings is 5. The maximum absolute atomic E-state index is 2.42. The number of aryl methyl sites for hydroxylation is 1. The topological polar surface area (TPSA) is 4.93 Å². The zero-order valence-corrected chi connectivity index (χ0v) is 18.0. The van der Waals surface area contributed by atoms with E-state index in [2.05, 4.69) is 133 Å². The highest BCUT2D eigenvalue weighted by Gasteiger charge is 2.15. The standard InChI is InChI=1S/C31H23N/c1-22-10-8-9-15-29(22)32-30-19-17-25(23-11-4-2-5-12-23)20-28(30)27-18-16-26(21-31(27)32)24-13-6-3-7-14-24/h2-21H,1H3. The summed E-state index contributed by atoms with van der Waals surface area (Å²) < 4.78 is 2.42. The molecule has 0 spiro atoms. The molecule has 6 aromatic rings. The van der Waals surface area contributed by atoms with E-state index in [4.69, 9.17) is 0 Å². The summed E-state index contributed by atoms with van der Waals surface area (Å²) in [4.78, 5) is 0. The highest BCUT2D eigenvalue weighted by Crippen LogP contribution is 2.37. The molecule has 0 bridgehead atoms. The van der Waals surface area contributed by atoms with Crippen LogP contribution in [0.15, 0.2) is 121 Å². The third kappa shape index (κ3) is 3.02. The van der Waals surface area contributed by atoms with Crippen LogP contribution in [0.3, 0.4) is 0 Å². The van der Waals surface area contributed by atoms with E-state index in [0.29, 0.717) is 0 Å². The second-order valence-corrected chi connectivity index (χ2v) is 8.32. The Bertz CT molecular complexity index is 1560. The average Bonchev–Trinajstić information content (AvgIpc) is 3.18. The summed E-state index contributed by atoms with van der Waals surface area (Å²) in [6.07, 6.45) is 0. The van der Waals surface area contributed by atoms with Crippen molar-refractivity contribution in [1.82, 2.24) is 4.57 Å². The fourth-order valence-corrected chi connectivity index (χ4v) is 4.72. The Morgan fingerprint density at radius 1 is 0.438 bits per heavy atom. The van der Waals surface area contributed by atoms with Crippen LogP contribution in [0.25, 0.3) is 49.7 Å². The molecular formula is C31H23N. The molecule has 0 radical (unpaired) electrons. The largest absolute Gasteiger partial charge is 0.309 e. The molecule has 0 N–H and O–H groups in total. The van der Waals surface area contributed by atoms with Gasteiger partial charge < -0.3 is 4.57 Å². The van der Waals surface area contributed by atoms with Gasteiger partial charge in [0.05, 0.1) is 11.0 Å². The van der Waals surface area contributed by atoms with Gasteiger partial charge in [-0.15, -0.1) is 0 Å². The lowest BCUT2D eigenvalue weighted by Crippen LogP contribution is -1.96. The van der Waals surface area contributed by atoms with Gasteiger partial charge in [0.25, 0.3) is 0 Å². The first-order valence-corrected chi connectivity index (χ1v) is 11.0. The van der Waals surface area contributed by atoms with Gasteiger partial charge in [0.1, 0.15) is 0 Å². The summed E-state index contributed by atoms with van der Waals surface area (Å²) in [5.41, 5.74) is 9.93. The average molecular weight is 410 g/mol. The number of hydrogen-bond acceptors (Lipinski definition) is 0. The molecule has 0 saturated carbocycles. The van der Waals surface area contributed by atoms with Crippen molar-refractivity contribution < 1.29 is 0 Å². The van der Waals surface area contributed by atoms with Crippen LogP contribution in [-0.2, 0) is 0 Å². The van der Waals surface area contributed by atoms with Gasteiger partial charge in [0.15, 0.2) is 0 Å². The summed E-state index contributed by atoms with van der Waals surface area (Å²) in [6, 6.07) is 43.6. The first kappa shape index (κ1) is 18.7. The fourth-order valence-electron chi connectivity index (χ4n) is 4.72. The minimum atomic E-state index is 1.23. The predicted octanol–water partition coefficient (Wildman–Crippen LogP) is 8.43. The fraction of sp³-hybridized carbons (Fsp3) is 0.0323. The lowest BCUT2D eigenvalue weighted by molar-refractivity contribution is 1.15. The predicted molar refractivity (Wildman–Crippen MR) is 136 cm³/mol. The molecule has 152 valence electrons. The zero-order valence-electron chi connectivity index (χ0n) is 18.0. The summed E-state index contributed by atoms with van der Waals surface area (Å²) in [7, 11) is 0. The van der Waals surface area contributed by atoms with E-state index >= 15 is 0 Å². The maximum Gasteiger partial charge on any atom is 0.0547 e. The normalized spacial score (nSPS) is 11.3. The third-order valence-corrected chi connectivity index (χ3v) is 6.34. The van der Waals surface area contributed by atoms with Crippen LogP contribution >= 0.6 is 0 Å². The molecule has 1 heterocycles. The van der Waals surface area contributed by atoms with E-state index in [1.165, 1.54) is 55.3 Å². The summed E-state index contributed by atoms with van der Waals surface area (Å²) >= 11 is 0. The van der Waals surface area contributed by atoms with Gasteiger partial charge in [-0.05, 0) is 59.0 Å². The Morgan fingerprint density at radius 2 is 1.03 bits per heavy atom. The van der Waals surface area contributed by atoms with E-state index in [1.54, 1.807) is 0 Å². The smallest absolute Gasteiger partial charge is 0.0547 e. The van der Waals surface area contributed by atoms with Crippen molar-refractivity contribution in [2.45, 2.75) is 6.92 Å². The molecule has 0 saturated heterocycles. The molecule has 0 amide bonds. The van der Waals surface area contributed by atoms with Crippen molar-refractivity contribution in [2.75, 3.05) is 0 Å². The van der Waals surface area contributed by atoms with Crippen LogP contribution in [0.5, 0.6) is 0 Å². The maximum atomic E-state index is 2.42. The van der Waals surface area contributed by atoms with Crippen LogP contribution in [0.2, 0.25) is 0 Å². The summed E-state index contributed by atoms with van der Waals surface area (Å²) in [5.74, 6) is 0. The molecular weight excluding hydrogens is 386 g/mol. The molecule has 0 aliphatic rings. The first-order valence-electron chi connectivity index (χ1n) is 11.0. The number of nitrogens with zero attached hydrogens (tertiary/aromatic N) is 1. The first-order chi connectivity index (χ1) is 15.8. The van der Waals surface area contributed by atoms with Crippen molar-refractivity contribution >= 4 is 21.8 Å². The van der Waals surface area contributed by atoms with E-state index in [1.807, 2.05) is 0 Å². The monoisotopic (exact) mass is 409 g/mol. The van der Waals surface area contributed by atoms with Gasteiger partial charge in [-0.1, -0.05) is 97.1 Å². The SMILES string of the molecule is Cc1ccccc1-n1c2ccc(-c3ccccc3)cc2c2ccc(-c3ccccc3)cc21. The van der Waals surface area contributed by atoms with Crippen LogP contribution in [0, 0.1) is 6.92 Å². The van der Waals surface area contributed by atoms with Gasteiger partial charge in [0, 0.05) is 16.5 Å². The minimum Gasteiger partial charge on any atom is -0.309 e. The molecule has 0 atom stereocenters. The molecule has 32 heavy (non-hydrogen) atoms. The number of hydrogen-bond donors (Lipinski definition) is 0. The van der Waals surface area contributed by atoms with Gasteiger partial charge in [-0.2, -0.15) is 0 Å². The highest BCUT2D eigenvalue weighted by atomic mass is 15.0. The Morgan fingerprint density at radius 3 is 1.72 bits per heavy atom. The molecule has 0 unspecified atom stereocenters. The van der Waals surface area contributed by atoms with Crippen molar-refractivity contribution in [3.63, 3.8) is 0 Å². The van der Waals surface area contributed by atoms with E-state index in [9.17, 15) is 0 Å².